The van der Waals surface area contributed by atoms with Crippen molar-refractivity contribution in [2.45, 2.75) is 0 Å². The summed E-state index contributed by atoms with van der Waals surface area (Å²) in [5, 5.41) is 13.1. The van der Waals surface area contributed by atoms with Crippen LogP contribution in [-0.4, -0.2) is 14.9 Å². The predicted molar refractivity (Wildman–Crippen MR) is 52.9 cm³/mol. The average molecular weight is 257 g/mol. The van der Waals surface area contributed by atoms with Crippen LogP contribution in [0.3, 0.4) is 0 Å². The van der Waals surface area contributed by atoms with Crippen molar-refractivity contribution in [3.8, 4) is 11.4 Å². The predicted octanol–water partition coefficient (Wildman–Crippen LogP) is 2.48. The molecule has 0 unspecified atom stereocenters. The molecule has 0 aliphatic heterocycles. The van der Waals surface area contributed by atoms with Gasteiger partial charge in [-0.2, -0.15) is 5.10 Å². The number of aromatic hydroxyl groups is 1. The molecule has 1 aromatic heterocycles. The Labute approximate surface area is 87.9 Å². The third-order valence-corrected chi connectivity index (χ3v) is 2.52. The lowest BCUT2D eigenvalue weighted by Crippen LogP contribution is -1.99. The molecule has 0 saturated heterocycles. The van der Waals surface area contributed by atoms with Gasteiger partial charge in [0.25, 0.3) is 0 Å². The van der Waals surface area contributed by atoms with Crippen LogP contribution in [0.2, 0.25) is 0 Å². The third kappa shape index (κ3) is 1.39. The van der Waals surface area contributed by atoms with Crippen LogP contribution >= 0.6 is 15.9 Å². The van der Waals surface area contributed by atoms with Gasteiger partial charge in [0.2, 0.25) is 0 Å². The molecule has 3 nitrogen and oxygen atoms in total. The van der Waals surface area contributed by atoms with E-state index in [9.17, 15) is 9.50 Å². The summed E-state index contributed by atoms with van der Waals surface area (Å²) >= 11 is 3.10. The second kappa shape index (κ2) is 3.42. The fourth-order valence-electron chi connectivity index (χ4n) is 1.12. The molecular formula is C9H6BrFN2O. The summed E-state index contributed by atoms with van der Waals surface area (Å²) in [7, 11) is 0. The van der Waals surface area contributed by atoms with Gasteiger partial charge in [0.15, 0.2) is 10.4 Å². The van der Waals surface area contributed by atoms with Gasteiger partial charge in [0, 0.05) is 0 Å². The highest BCUT2D eigenvalue weighted by Gasteiger charge is 2.10. The molecular weight excluding hydrogens is 251 g/mol. The van der Waals surface area contributed by atoms with Crippen molar-refractivity contribution < 1.29 is 9.50 Å². The zero-order chi connectivity index (χ0) is 10.1. The monoisotopic (exact) mass is 256 g/mol. The van der Waals surface area contributed by atoms with Gasteiger partial charge < -0.3 is 5.11 Å². The maximum Gasteiger partial charge on any atom is 0.168 e. The van der Waals surface area contributed by atoms with Crippen LogP contribution < -0.4 is 0 Å². The lowest BCUT2D eigenvalue weighted by Gasteiger charge is -2.03. The number of aromatic nitrogens is 2. The molecule has 0 aliphatic rings. The van der Waals surface area contributed by atoms with E-state index in [-0.39, 0.29) is 5.75 Å². The number of benzene rings is 1. The van der Waals surface area contributed by atoms with Crippen LogP contribution in [0.4, 0.5) is 4.39 Å². The van der Waals surface area contributed by atoms with Gasteiger partial charge in [0.1, 0.15) is 11.5 Å². The molecule has 2 aromatic rings. The Kier molecular flexibility index (Phi) is 2.25. The highest BCUT2D eigenvalue weighted by Crippen LogP contribution is 2.26. The quantitative estimate of drug-likeness (QED) is 0.852. The van der Waals surface area contributed by atoms with Crippen molar-refractivity contribution in [2.24, 2.45) is 0 Å². The molecule has 0 saturated carbocycles. The maximum atomic E-state index is 13.3. The highest BCUT2D eigenvalue weighted by molar-refractivity contribution is 9.10. The molecule has 1 aromatic carbocycles. The molecule has 14 heavy (non-hydrogen) atoms. The Hall–Kier alpha value is -1.36. The normalized spacial score (nSPS) is 10.4. The van der Waals surface area contributed by atoms with Gasteiger partial charge in [-0.15, -0.1) is 0 Å². The molecule has 2 rings (SSSR count). The molecule has 0 fully saturated rings. The second-order valence-corrected chi connectivity index (χ2v) is 3.43. The van der Waals surface area contributed by atoms with Gasteiger partial charge in [-0.1, -0.05) is 12.1 Å². The lowest BCUT2D eigenvalue weighted by molar-refractivity contribution is 0.471. The Morgan fingerprint density at radius 3 is 2.64 bits per heavy atom. The Morgan fingerprint density at radius 1 is 1.36 bits per heavy atom. The van der Waals surface area contributed by atoms with Crippen LogP contribution in [0.15, 0.2) is 35.1 Å². The number of halogens is 2. The third-order valence-electron chi connectivity index (χ3n) is 1.77. The van der Waals surface area contributed by atoms with Gasteiger partial charge in [-0.25, -0.2) is 9.07 Å². The molecule has 0 aliphatic carbocycles. The molecule has 0 atom stereocenters. The van der Waals surface area contributed by atoms with Gasteiger partial charge in [-0.05, 0) is 28.1 Å². The zero-order valence-electron chi connectivity index (χ0n) is 6.98. The first kappa shape index (κ1) is 9.21. The minimum absolute atomic E-state index is 0.0201. The largest absolute Gasteiger partial charge is 0.504 e. The molecule has 0 bridgehead atoms. The molecule has 0 spiro atoms. The van der Waals surface area contributed by atoms with Crippen LogP contribution in [0.5, 0.6) is 5.75 Å². The minimum atomic E-state index is -0.392. The van der Waals surface area contributed by atoms with E-state index >= 15 is 0 Å². The molecule has 0 amide bonds. The van der Waals surface area contributed by atoms with E-state index < -0.39 is 5.82 Å². The molecule has 0 radical (unpaired) electrons. The van der Waals surface area contributed by atoms with Crippen LogP contribution in [0.1, 0.15) is 0 Å². The second-order valence-electron chi connectivity index (χ2n) is 2.68. The van der Waals surface area contributed by atoms with E-state index in [2.05, 4.69) is 21.0 Å². The van der Waals surface area contributed by atoms with Gasteiger partial charge >= 0.3 is 0 Å². The van der Waals surface area contributed by atoms with Gasteiger partial charge in [-0.3, -0.25) is 0 Å². The fraction of sp³-hybridized carbons (Fsp3) is 0. The fourth-order valence-corrected chi connectivity index (χ4v) is 1.50. The number of rotatable bonds is 1. The topological polar surface area (TPSA) is 38.1 Å². The summed E-state index contributed by atoms with van der Waals surface area (Å²) in [4.78, 5) is 0. The number of nitrogens with zero attached hydrogens (tertiary/aromatic N) is 2. The summed E-state index contributed by atoms with van der Waals surface area (Å²) in [6.45, 7) is 0. The average Bonchev–Trinajstić information content (AvgIpc) is 2.49. The van der Waals surface area contributed by atoms with E-state index in [0.717, 1.165) is 0 Å². The summed E-state index contributed by atoms with van der Waals surface area (Å²) in [6.07, 6.45) is 1.25. The highest BCUT2D eigenvalue weighted by atomic mass is 79.9. The van der Waals surface area contributed by atoms with E-state index in [0.29, 0.717) is 10.3 Å². The minimum Gasteiger partial charge on any atom is -0.504 e. The summed E-state index contributed by atoms with van der Waals surface area (Å²) < 4.78 is 14.9. The van der Waals surface area contributed by atoms with Crippen molar-refractivity contribution in [1.82, 2.24) is 9.78 Å². The zero-order valence-corrected chi connectivity index (χ0v) is 8.57. The van der Waals surface area contributed by atoms with Crippen molar-refractivity contribution in [2.75, 3.05) is 0 Å². The lowest BCUT2D eigenvalue weighted by atomic mass is 10.3. The Bertz CT molecular complexity index is 470. The molecule has 1 heterocycles. The van der Waals surface area contributed by atoms with E-state index in [1.807, 2.05) is 0 Å². The van der Waals surface area contributed by atoms with E-state index in [1.54, 1.807) is 18.2 Å². The maximum absolute atomic E-state index is 13.3. The first-order valence-corrected chi connectivity index (χ1v) is 4.67. The standard InChI is InChI=1S/C9H6BrFN2O/c10-9-8(14)5-12-13(9)7-4-2-1-3-6(7)11/h1-5,14H. The first-order chi connectivity index (χ1) is 6.70. The van der Waals surface area contributed by atoms with E-state index in [1.165, 1.54) is 16.9 Å². The van der Waals surface area contributed by atoms with E-state index in [4.69, 9.17) is 0 Å². The van der Waals surface area contributed by atoms with Crippen LogP contribution in [0, 0.1) is 5.82 Å². The summed E-state index contributed by atoms with van der Waals surface area (Å²) in [5.41, 5.74) is 0.291. The van der Waals surface area contributed by atoms with Gasteiger partial charge in [0.05, 0.1) is 6.20 Å². The first-order valence-electron chi connectivity index (χ1n) is 3.87. The van der Waals surface area contributed by atoms with Crippen LogP contribution in [-0.2, 0) is 0 Å². The van der Waals surface area contributed by atoms with Crippen molar-refractivity contribution >= 4 is 15.9 Å². The smallest absolute Gasteiger partial charge is 0.168 e. The van der Waals surface area contributed by atoms with Crippen molar-refractivity contribution in [1.29, 1.82) is 0 Å². The molecule has 72 valence electrons. The molecule has 5 heteroatoms. The number of para-hydroxylation sites is 1. The molecule has 1 N–H and O–H groups in total. The van der Waals surface area contributed by atoms with Crippen molar-refractivity contribution in [3.05, 3.63) is 40.9 Å². The Balaban J connectivity index is 2.60. The number of hydrogen-bond donors (Lipinski definition) is 1. The SMILES string of the molecule is Oc1cnn(-c2ccccc2F)c1Br. The summed E-state index contributed by atoms with van der Waals surface area (Å²) in [5.74, 6) is -0.412. The Morgan fingerprint density at radius 2 is 2.07 bits per heavy atom. The summed E-state index contributed by atoms with van der Waals surface area (Å²) in [6, 6.07) is 6.20. The van der Waals surface area contributed by atoms with Crippen molar-refractivity contribution in [3.63, 3.8) is 0 Å². The number of hydrogen-bond acceptors (Lipinski definition) is 2. The van der Waals surface area contributed by atoms with Crippen LogP contribution in [0.25, 0.3) is 5.69 Å².